The summed E-state index contributed by atoms with van der Waals surface area (Å²) in [6.45, 7) is 4.65. The number of oxime groups is 1. The van der Waals surface area contributed by atoms with Crippen molar-refractivity contribution in [1.82, 2.24) is 4.90 Å². The Morgan fingerprint density at radius 3 is 2.77 bits per heavy atom. The van der Waals surface area contributed by atoms with E-state index in [1.54, 1.807) is 19.1 Å². The lowest BCUT2D eigenvalue weighted by atomic mass is 9.92. The molecule has 0 radical (unpaired) electrons. The summed E-state index contributed by atoms with van der Waals surface area (Å²) in [7, 11) is 0. The Kier molecular flexibility index (Phi) is 3.89. The fraction of sp³-hybridized carbons (Fsp3) is 0.529. The minimum atomic E-state index is -0.949. The minimum Gasteiger partial charge on any atom is -0.379 e. The molecule has 118 valence electrons. The quantitative estimate of drug-likeness (QED) is 0.842. The number of piperidine rings is 1. The van der Waals surface area contributed by atoms with Crippen LogP contribution in [-0.2, 0) is 9.63 Å². The zero-order valence-electron chi connectivity index (χ0n) is 13.0. The fourth-order valence-corrected chi connectivity index (χ4v) is 3.16. The van der Waals surface area contributed by atoms with Crippen LogP contribution in [0.5, 0.6) is 0 Å². The van der Waals surface area contributed by atoms with Gasteiger partial charge in [0.1, 0.15) is 5.82 Å². The highest BCUT2D eigenvalue weighted by molar-refractivity contribution is 6.05. The first-order chi connectivity index (χ1) is 10.5. The second-order valence-electron chi connectivity index (χ2n) is 6.39. The first kappa shape index (κ1) is 15.0. The Hall–Kier alpha value is -1.91. The molecule has 2 atom stereocenters. The second kappa shape index (κ2) is 5.71. The molecule has 2 heterocycles. The maximum absolute atomic E-state index is 13.0. The van der Waals surface area contributed by atoms with Crippen LogP contribution < -0.4 is 0 Å². The molecule has 0 unspecified atom stereocenters. The van der Waals surface area contributed by atoms with Gasteiger partial charge in [-0.3, -0.25) is 4.79 Å². The third kappa shape index (κ3) is 2.72. The predicted molar refractivity (Wildman–Crippen MR) is 82.1 cm³/mol. The molecule has 1 amide bonds. The molecule has 5 heteroatoms. The third-order valence-electron chi connectivity index (χ3n) is 4.56. The molecular formula is C17H21FN2O2. The fourth-order valence-electron chi connectivity index (χ4n) is 3.16. The first-order valence-corrected chi connectivity index (χ1v) is 7.82. The molecule has 22 heavy (non-hydrogen) atoms. The van der Waals surface area contributed by atoms with Crippen molar-refractivity contribution in [2.24, 2.45) is 5.16 Å². The smallest absolute Gasteiger partial charge is 0.269 e. The van der Waals surface area contributed by atoms with Gasteiger partial charge < -0.3 is 9.74 Å². The summed E-state index contributed by atoms with van der Waals surface area (Å²) in [6.07, 6.45) is 3.66. The number of likely N-dealkylation sites (tertiary alicyclic amines) is 1. The van der Waals surface area contributed by atoms with Crippen molar-refractivity contribution in [3.05, 3.63) is 35.6 Å². The summed E-state index contributed by atoms with van der Waals surface area (Å²) >= 11 is 0. The molecule has 3 rings (SSSR count). The Morgan fingerprint density at radius 1 is 1.36 bits per heavy atom. The number of carbonyl (C=O) groups excluding carboxylic acids is 1. The monoisotopic (exact) mass is 304 g/mol. The SMILES string of the molecule is C[C@@H]1CCCCN1C(=O)[C@@]1(C)CC(c2ccc(F)cc2)=NO1. The van der Waals surface area contributed by atoms with E-state index in [0.717, 1.165) is 24.9 Å². The highest BCUT2D eigenvalue weighted by Gasteiger charge is 2.45. The molecule has 1 fully saturated rings. The van der Waals surface area contributed by atoms with Crippen molar-refractivity contribution in [3.63, 3.8) is 0 Å². The van der Waals surface area contributed by atoms with Crippen molar-refractivity contribution in [2.75, 3.05) is 6.54 Å². The van der Waals surface area contributed by atoms with Gasteiger partial charge in [-0.05, 0) is 50.8 Å². The van der Waals surface area contributed by atoms with Crippen molar-refractivity contribution in [1.29, 1.82) is 0 Å². The molecule has 1 saturated heterocycles. The highest BCUT2D eigenvalue weighted by Crippen LogP contribution is 2.31. The molecule has 2 aliphatic heterocycles. The predicted octanol–water partition coefficient (Wildman–Crippen LogP) is 3.11. The zero-order valence-corrected chi connectivity index (χ0v) is 13.0. The minimum absolute atomic E-state index is 0.000520. The normalized spacial score (nSPS) is 28.2. The van der Waals surface area contributed by atoms with Crippen molar-refractivity contribution in [3.8, 4) is 0 Å². The summed E-state index contributed by atoms with van der Waals surface area (Å²) in [5.41, 5.74) is 0.542. The lowest BCUT2D eigenvalue weighted by Gasteiger charge is -2.37. The van der Waals surface area contributed by atoms with E-state index < -0.39 is 5.60 Å². The zero-order chi connectivity index (χ0) is 15.7. The number of nitrogens with zero attached hydrogens (tertiary/aromatic N) is 2. The molecular weight excluding hydrogens is 283 g/mol. The number of halogens is 1. The third-order valence-corrected chi connectivity index (χ3v) is 4.56. The van der Waals surface area contributed by atoms with Gasteiger partial charge >= 0.3 is 0 Å². The number of carbonyl (C=O) groups is 1. The van der Waals surface area contributed by atoms with E-state index in [4.69, 9.17) is 4.84 Å². The van der Waals surface area contributed by atoms with E-state index in [9.17, 15) is 9.18 Å². The Morgan fingerprint density at radius 2 is 2.09 bits per heavy atom. The molecule has 0 aromatic heterocycles. The summed E-state index contributed by atoms with van der Waals surface area (Å²) < 4.78 is 13.0. The number of hydrogen-bond acceptors (Lipinski definition) is 3. The average molecular weight is 304 g/mol. The largest absolute Gasteiger partial charge is 0.379 e. The summed E-state index contributed by atoms with van der Waals surface area (Å²) in [6, 6.07) is 6.36. The van der Waals surface area contributed by atoms with Crippen LogP contribution in [0, 0.1) is 5.82 Å². The van der Waals surface area contributed by atoms with E-state index in [2.05, 4.69) is 12.1 Å². The lowest BCUT2D eigenvalue weighted by molar-refractivity contribution is -0.156. The topological polar surface area (TPSA) is 41.9 Å². The van der Waals surface area contributed by atoms with Crippen LogP contribution in [0.2, 0.25) is 0 Å². The molecule has 1 aromatic carbocycles. The molecule has 0 N–H and O–H groups in total. The van der Waals surface area contributed by atoms with Gasteiger partial charge in [-0.1, -0.05) is 17.3 Å². The molecule has 0 aliphatic carbocycles. The van der Waals surface area contributed by atoms with E-state index in [0.29, 0.717) is 12.1 Å². The van der Waals surface area contributed by atoms with Gasteiger partial charge in [0.05, 0.1) is 5.71 Å². The Balaban J connectivity index is 1.73. The van der Waals surface area contributed by atoms with Gasteiger partial charge in [-0.15, -0.1) is 0 Å². The number of rotatable bonds is 2. The van der Waals surface area contributed by atoms with Crippen molar-refractivity contribution < 1.29 is 14.0 Å². The molecule has 1 aromatic rings. The molecule has 0 spiro atoms. The van der Waals surface area contributed by atoms with Gasteiger partial charge in [-0.2, -0.15) is 0 Å². The van der Waals surface area contributed by atoms with Crippen LogP contribution >= 0.6 is 0 Å². The molecule has 0 bridgehead atoms. The van der Waals surface area contributed by atoms with Gasteiger partial charge in [0.2, 0.25) is 5.60 Å². The Labute approximate surface area is 129 Å². The second-order valence-corrected chi connectivity index (χ2v) is 6.39. The average Bonchev–Trinajstić information content (AvgIpc) is 2.92. The van der Waals surface area contributed by atoms with Crippen LogP contribution in [-0.4, -0.2) is 34.7 Å². The van der Waals surface area contributed by atoms with E-state index in [-0.39, 0.29) is 17.8 Å². The van der Waals surface area contributed by atoms with Crippen LogP contribution in [0.15, 0.2) is 29.4 Å². The van der Waals surface area contributed by atoms with Crippen LogP contribution in [0.4, 0.5) is 4.39 Å². The number of hydrogen-bond donors (Lipinski definition) is 0. The van der Waals surface area contributed by atoms with Crippen LogP contribution in [0.1, 0.15) is 45.1 Å². The highest BCUT2D eigenvalue weighted by atomic mass is 19.1. The first-order valence-electron chi connectivity index (χ1n) is 7.82. The van der Waals surface area contributed by atoms with Gasteiger partial charge in [-0.25, -0.2) is 4.39 Å². The summed E-state index contributed by atoms with van der Waals surface area (Å²) in [4.78, 5) is 20.2. The van der Waals surface area contributed by atoms with E-state index in [1.807, 2.05) is 4.90 Å². The van der Waals surface area contributed by atoms with E-state index in [1.165, 1.54) is 18.6 Å². The maximum atomic E-state index is 13.0. The molecule has 2 aliphatic rings. The van der Waals surface area contributed by atoms with Gasteiger partial charge in [0.25, 0.3) is 5.91 Å². The molecule has 0 saturated carbocycles. The summed E-state index contributed by atoms with van der Waals surface area (Å²) in [5, 5.41) is 4.08. The maximum Gasteiger partial charge on any atom is 0.269 e. The summed E-state index contributed by atoms with van der Waals surface area (Å²) in [5.74, 6) is -0.287. The van der Waals surface area contributed by atoms with Crippen LogP contribution in [0.3, 0.4) is 0 Å². The van der Waals surface area contributed by atoms with Gasteiger partial charge in [0.15, 0.2) is 0 Å². The van der Waals surface area contributed by atoms with Crippen molar-refractivity contribution >= 4 is 11.6 Å². The standard InChI is InChI=1S/C17H21FN2O2/c1-12-5-3-4-10-20(12)16(21)17(2)11-15(19-22-17)13-6-8-14(18)9-7-13/h6-9,12H,3-5,10-11H2,1-2H3/t12-,17-/m1/s1. The Bertz CT molecular complexity index is 599. The van der Waals surface area contributed by atoms with E-state index >= 15 is 0 Å². The van der Waals surface area contributed by atoms with Gasteiger partial charge in [0, 0.05) is 19.0 Å². The lowest BCUT2D eigenvalue weighted by Crippen LogP contribution is -2.52. The number of benzene rings is 1. The number of amides is 1. The molecule has 4 nitrogen and oxygen atoms in total. The van der Waals surface area contributed by atoms with Crippen molar-refractivity contribution in [2.45, 2.75) is 51.2 Å². The van der Waals surface area contributed by atoms with Crippen LogP contribution in [0.25, 0.3) is 0 Å².